The van der Waals surface area contributed by atoms with Gasteiger partial charge in [-0.05, 0) is 31.9 Å². The number of para-hydroxylation sites is 2. The number of fused-ring (bicyclic) bond motifs is 1. The van der Waals surface area contributed by atoms with Crippen LogP contribution in [0.5, 0.6) is 0 Å². The van der Waals surface area contributed by atoms with Gasteiger partial charge in [-0.3, -0.25) is 9.59 Å². The molecule has 0 bridgehead atoms. The Bertz CT molecular complexity index is 828. The van der Waals surface area contributed by atoms with Crippen molar-refractivity contribution in [3.8, 4) is 0 Å². The Labute approximate surface area is 147 Å². The first-order chi connectivity index (χ1) is 12.1. The quantitative estimate of drug-likeness (QED) is 0.860. The molecule has 2 fully saturated rings. The van der Waals surface area contributed by atoms with E-state index in [1.54, 1.807) is 4.90 Å². The van der Waals surface area contributed by atoms with Crippen LogP contribution in [0.2, 0.25) is 0 Å². The number of amides is 2. The molecule has 2 aliphatic rings. The summed E-state index contributed by atoms with van der Waals surface area (Å²) in [6.45, 7) is 3.95. The lowest BCUT2D eigenvalue weighted by molar-refractivity contribution is -0.136. The van der Waals surface area contributed by atoms with Crippen LogP contribution in [0.25, 0.3) is 11.0 Å². The first-order valence-electron chi connectivity index (χ1n) is 9.09. The van der Waals surface area contributed by atoms with Crippen LogP contribution in [0, 0.1) is 5.92 Å². The molecule has 2 amide bonds. The number of aromatic nitrogens is 2. The maximum absolute atomic E-state index is 13.1. The molecule has 1 aromatic carbocycles. The van der Waals surface area contributed by atoms with Crippen molar-refractivity contribution in [2.75, 3.05) is 19.6 Å². The average molecular weight is 340 g/mol. The summed E-state index contributed by atoms with van der Waals surface area (Å²) < 4.78 is 2.10. The highest BCUT2D eigenvalue weighted by Crippen LogP contribution is 2.35. The van der Waals surface area contributed by atoms with E-state index < -0.39 is 0 Å². The van der Waals surface area contributed by atoms with Crippen LogP contribution in [0.15, 0.2) is 24.3 Å². The van der Waals surface area contributed by atoms with Crippen LogP contribution in [0.3, 0.4) is 0 Å². The van der Waals surface area contributed by atoms with E-state index in [9.17, 15) is 9.59 Å². The number of hydrogen-bond acceptors (Lipinski definition) is 3. The van der Waals surface area contributed by atoms with Gasteiger partial charge in [-0.2, -0.15) is 0 Å². The number of rotatable bonds is 3. The zero-order valence-corrected chi connectivity index (χ0v) is 14.8. The van der Waals surface area contributed by atoms with Gasteiger partial charge in [-0.25, -0.2) is 4.98 Å². The molecule has 2 saturated heterocycles. The van der Waals surface area contributed by atoms with Crippen molar-refractivity contribution in [2.24, 2.45) is 13.0 Å². The van der Waals surface area contributed by atoms with Gasteiger partial charge in [0.2, 0.25) is 11.8 Å². The third-order valence-electron chi connectivity index (χ3n) is 5.60. The summed E-state index contributed by atoms with van der Waals surface area (Å²) in [4.78, 5) is 33.6. The molecule has 0 unspecified atom stereocenters. The Morgan fingerprint density at radius 3 is 2.84 bits per heavy atom. The first-order valence-corrected chi connectivity index (χ1v) is 9.09. The molecule has 0 saturated carbocycles. The molecule has 1 aromatic heterocycles. The smallest absolute Gasteiger partial charge is 0.228 e. The van der Waals surface area contributed by atoms with Gasteiger partial charge in [0.1, 0.15) is 5.82 Å². The van der Waals surface area contributed by atoms with Crippen molar-refractivity contribution in [1.82, 2.24) is 19.4 Å². The number of carbonyl (C=O) groups excluding carboxylic acids is 2. The third-order valence-corrected chi connectivity index (χ3v) is 5.60. The van der Waals surface area contributed by atoms with E-state index in [0.29, 0.717) is 19.5 Å². The predicted octanol–water partition coefficient (Wildman–Crippen LogP) is 2.11. The highest BCUT2D eigenvalue weighted by atomic mass is 16.2. The highest BCUT2D eigenvalue weighted by Gasteiger charge is 2.40. The molecule has 6 nitrogen and oxygen atoms in total. The summed E-state index contributed by atoms with van der Waals surface area (Å²) in [5.74, 6) is 0.949. The molecular formula is C19H24N4O2. The van der Waals surface area contributed by atoms with Crippen LogP contribution in [0.4, 0.5) is 0 Å². The van der Waals surface area contributed by atoms with E-state index in [0.717, 1.165) is 36.2 Å². The summed E-state index contributed by atoms with van der Waals surface area (Å²) >= 11 is 0. The molecular weight excluding hydrogens is 316 g/mol. The molecule has 2 atom stereocenters. The van der Waals surface area contributed by atoms with Crippen LogP contribution in [0.1, 0.15) is 38.1 Å². The summed E-state index contributed by atoms with van der Waals surface area (Å²) in [5, 5.41) is 0. The summed E-state index contributed by atoms with van der Waals surface area (Å²) in [6.07, 6.45) is 2.26. The van der Waals surface area contributed by atoms with Crippen molar-refractivity contribution < 1.29 is 9.59 Å². The van der Waals surface area contributed by atoms with Gasteiger partial charge in [0, 0.05) is 33.1 Å². The zero-order valence-electron chi connectivity index (χ0n) is 14.8. The van der Waals surface area contributed by atoms with Gasteiger partial charge >= 0.3 is 0 Å². The largest absolute Gasteiger partial charge is 0.342 e. The maximum Gasteiger partial charge on any atom is 0.228 e. The van der Waals surface area contributed by atoms with Gasteiger partial charge < -0.3 is 14.4 Å². The topological polar surface area (TPSA) is 58.4 Å². The van der Waals surface area contributed by atoms with Gasteiger partial charge in [-0.15, -0.1) is 0 Å². The minimum absolute atomic E-state index is 0.00989. The van der Waals surface area contributed by atoms with E-state index in [-0.39, 0.29) is 23.8 Å². The number of hydrogen-bond donors (Lipinski definition) is 0. The number of imidazole rings is 1. The average Bonchev–Trinajstić information content (AvgIpc) is 3.32. The van der Waals surface area contributed by atoms with Crippen molar-refractivity contribution in [3.63, 3.8) is 0 Å². The normalized spacial score (nSPS) is 23.8. The predicted molar refractivity (Wildman–Crippen MR) is 94.8 cm³/mol. The summed E-state index contributed by atoms with van der Waals surface area (Å²) in [6, 6.07) is 8.07. The molecule has 132 valence electrons. The molecule has 6 heteroatoms. The number of carbonyl (C=O) groups is 2. The van der Waals surface area contributed by atoms with E-state index >= 15 is 0 Å². The molecule has 2 aliphatic heterocycles. The minimum atomic E-state index is -0.206. The number of nitrogens with zero attached hydrogens (tertiary/aromatic N) is 4. The second-order valence-corrected chi connectivity index (χ2v) is 7.04. The Morgan fingerprint density at radius 1 is 1.32 bits per heavy atom. The zero-order chi connectivity index (χ0) is 17.6. The molecule has 25 heavy (non-hydrogen) atoms. The molecule has 0 N–H and O–H groups in total. The fourth-order valence-corrected chi connectivity index (χ4v) is 4.24. The van der Waals surface area contributed by atoms with E-state index in [1.807, 2.05) is 37.1 Å². The van der Waals surface area contributed by atoms with Crippen molar-refractivity contribution >= 4 is 22.8 Å². The molecule has 0 aliphatic carbocycles. The SMILES string of the molecule is CCN1C[C@H](C(=O)N2CCC[C@H]2c2nc3ccccc3n2C)CC1=O. The number of benzene rings is 1. The maximum atomic E-state index is 13.1. The van der Waals surface area contributed by atoms with Crippen LogP contribution >= 0.6 is 0 Å². The fourth-order valence-electron chi connectivity index (χ4n) is 4.24. The first kappa shape index (κ1) is 16.1. The Balaban J connectivity index is 1.61. The monoisotopic (exact) mass is 340 g/mol. The van der Waals surface area contributed by atoms with E-state index in [4.69, 9.17) is 4.98 Å². The van der Waals surface area contributed by atoms with E-state index in [2.05, 4.69) is 10.6 Å². The molecule has 0 radical (unpaired) electrons. The second-order valence-electron chi connectivity index (χ2n) is 7.04. The Hall–Kier alpha value is -2.37. The number of likely N-dealkylation sites (tertiary alicyclic amines) is 2. The fraction of sp³-hybridized carbons (Fsp3) is 0.526. The van der Waals surface area contributed by atoms with Crippen molar-refractivity contribution in [1.29, 1.82) is 0 Å². The number of aryl methyl sites for hydroxylation is 1. The van der Waals surface area contributed by atoms with Crippen LogP contribution in [-0.2, 0) is 16.6 Å². The molecule has 4 rings (SSSR count). The van der Waals surface area contributed by atoms with Gasteiger partial charge in [0.05, 0.1) is 23.0 Å². The summed E-state index contributed by atoms with van der Waals surface area (Å²) in [7, 11) is 2.02. The van der Waals surface area contributed by atoms with Gasteiger partial charge in [0.25, 0.3) is 0 Å². The van der Waals surface area contributed by atoms with Gasteiger partial charge in [-0.1, -0.05) is 12.1 Å². The Kier molecular flexibility index (Phi) is 3.98. The van der Waals surface area contributed by atoms with Gasteiger partial charge in [0.15, 0.2) is 0 Å². The van der Waals surface area contributed by atoms with Crippen LogP contribution < -0.4 is 0 Å². The van der Waals surface area contributed by atoms with E-state index in [1.165, 1.54) is 0 Å². The second kappa shape index (κ2) is 6.17. The lowest BCUT2D eigenvalue weighted by atomic mass is 10.1. The standard InChI is InChI=1S/C19H24N4O2/c1-3-22-12-13(11-17(22)24)19(25)23-10-6-9-16(23)18-20-14-7-4-5-8-15(14)21(18)2/h4-5,7-8,13,16H,3,6,9-12H2,1-2H3/t13-,16+/m1/s1. The lowest BCUT2D eigenvalue weighted by Gasteiger charge is -2.27. The Morgan fingerprint density at radius 2 is 2.12 bits per heavy atom. The minimum Gasteiger partial charge on any atom is -0.342 e. The molecule has 0 spiro atoms. The lowest BCUT2D eigenvalue weighted by Crippen LogP contribution is -2.37. The summed E-state index contributed by atoms with van der Waals surface area (Å²) in [5.41, 5.74) is 2.05. The highest BCUT2D eigenvalue weighted by molar-refractivity contribution is 5.89. The van der Waals surface area contributed by atoms with Crippen molar-refractivity contribution in [2.45, 2.75) is 32.2 Å². The molecule has 2 aromatic rings. The van der Waals surface area contributed by atoms with Crippen LogP contribution in [-0.4, -0.2) is 50.8 Å². The van der Waals surface area contributed by atoms with Crippen molar-refractivity contribution in [3.05, 3.63) is 30.1 Å². The third kappa shape index (κ3) is 2.60. The molecule has 3 heterocycles.